The van der Waals surface area contributed by atoms with Gasteiger partial charge in [0.1, 0.15) is 11.6 Å². The van der Waals surface area contributed by atoms with Crippen molar-refractivity contribution in [2.24, 2.45) is 5.73 Å². The number of hydrogen-bond acceptors (Lipinski definition) is 2. The predicted octanol–water partition coefficient (Wildman–Crippen LogP) is 2.14. The van der Waals surface area contributed by atoms with Gasteiger partial charge in [-0.3, -0.25) is 0 Å². The van der Waals surface area contributed by atoms with Crippen molar-refractivity contribution in [2.45, 2.75) is 6.54 Å². The van der Waals surface area contributed by atoms with Gasteiger partial charge in [0.05, 0.1) is 0 Å². The van der Waals surface area contributed by atoms with Gasteiger partial charge in [0.15, 0.2) is 0 Å². The molecule has 0 bridgehead atoms. The number of rotatable bonds is 1. The number of aromatic hydroxyl groups is 1. The second-order valence-corrected chi connectivity index (χ2v) is 3.18. The maximum atomic E-state index is 12.9. The third-order valence-corrected chi connectivity index (χ3v) is 2.19. The maximum absolute atomic E-state index is 12.9. The molecule has 0 aliphatic heterocycles. The fraction of sp³-hybridized carbons (Fsp3) is 0.0909. The number of fused-ring (bicyclic) bond motifs is 1. The SMILES string of the molecule is NCc1cc(O)c2cc(F)ccc2c1. The van der Waals surface area contributed by atoms with Gasteiger partial charge >= 0.3 is 0 Å². The molecular formula is C11H10FNO. The zero-order valence-corrected chi connectivity index (χ0v) is 7.50. The van der Waals surface area contributed by atoms with Crippen LogP contribution >= 0.6 is 0 Å². The Hall–Kier alpha value is -1.61. The summed E-state index contributed by atoms with van der Waals surface area (Å²) in [6.07, 6.45) is 0. The molecule has 14 heavy (non-hydrogen) atoms. The second-order valence-electron chi connectivity index (χ2n) is 3.18. The minimum atomic E-state index is -0.353. The van der Waals surface area contributed by atoms with E-state index in [2.05, 4.69) is 0 Å². The molecule has 2 rings (SSSR count). The van der Waals surface area contributed by atoms with Crippen LogP contribution in [0.2, 0.25) is 0 Å². The lowest BCUT2D eigenvalue weighted by atomic mass is 10.1. The quantitative estimate of drug-likeness (QED) is 0.725. The van der Waals surface area contributed by atoms with Gasteiger partial charge in [-0.05, 0) is 35.2 Å². The minimum absolute atomic E-state index is 0.0717. The highest BCUT2D eigenvalue weighted by molar-refractivity contribution is 5.88. The molecule has 3 heteroatoms. The molecule has 2 nitrogen and oxygen atoms in total. The summed E-state index contributed by atoms with van der Waals surface area (Å²) >= 11 is 0. The Morgan fingerprint density at radius 1 is 1.21 bits per heavy atom. The summed E-state index contributed by atoms with van der Waals surface area (Å²) in [5.41, 5.74) is 6.29. The first-order chi connectivity index (χ1) is 6.70. The smallest absolute Gasteiger partial charge is 0.123 e. The van der Waals surface area contributed by atoms with Gasteiger partial charge in [0.2, 0.25) is 0 Å². The average Bonchev–Trinajstić information content (AvgIpc) is 2.19. The molecule has 0 radical (unpaired) electrons. The fourth-order valence-electron chi connectivity index (χ4n) is 1.49. The largest absolute Gasteiger partial charge is 0.507 e. The summed E-state index contributed by atoms with van der Waals surface area (Å²) in [4.78, 5) is 0. The molecule has 2 aromatic rings. The third kappa shape index (κ3) is 1.42. The van der Waals surface area contributed by atoms with E-state index in [0.717, 1.165) is 10.9 Å². The standard InChI is InChI=1S/C11H10FNO/c12-9-2-1-8-3-7(6-13)4-11(14)10(8)5-9/h1-5,14H,6,13H2. The van der Waals surface area contributed by atoms with Gasteiger partial charge in [-0.2, -0.15) is 0 Å². The molecule has 72 valence electrons. The highest BCUT2D eigenvalue weighted by Crippen LogP contribution is 2.26. The highest BCUT2D eigenvalue weighted by atomic mass is 19.1. The molecule has 0 fully saturated rings. The van der Waals surface area contributed by atoms with Crippen molar-refractivity contribution in [1.82, 2.24) is 0 Å². The van der Waals surface area contributed by atoms with Crippen molar-refractivity contribution in [3.63, 3.8) is 0 Å². The van der Waals surface area contributed by atoms with Crippen molar-refractivity contribution in [3.8, 4) is 5.75 Å². The van der Waals surface area contributed by atoms with Gasteiger partial charge in [-0.1, -0.05) is 6.07 Å². The first kappa shape index (κ1) is 8.97. The summed E-state index contributed by atoms with van der Waals surface area (Å²) in [6.45, 7) is 0.362. The Morgan fingerprint density at radius 2 is 2.00 bits per heavy atom. The lowest BCUT2D eigenvalue weighted by molar-refractivity contribution is 0.480. The Bertz CT molecular complexity index is 482. The normalized spacial score (nSPS) is 10.7. The molecule has 0 saturated heterocycles. The van der Waals surface area contributed by atoms with Gasteiger partial charge in [-0.25, -0.2) is 4.39 Å². The first-order valence-corrected chi connectivity index (χ1v) is 4.32. The molecule has 0 saturated carbocycles. The van der Waals surface area contributed by atoms with E-state index < -0.39 is 0 Å². The number of phenols is 1. The van der Waals surface area contributed by atoms with Crippen molar-refractivity contribution < 1.29 is 9.50 Å². The molecule has 3 N–H and O–H groups in total. The molecule has 0 aliphatic rings. The lowest BCUT2D eigenvalue weighted by Gasteiger charge is -2.04. The van der Waals surface area contributed by atoms with Crippen LogP contribution in [0.1, 0.15) is 5.56 Å². The number of benzene rings is 2. The molecule has 0 aliphatic carbocycles. The van der Waals surface area contributed by atoms with Crippen molar-refractivity contribution in [3.05, 3.63) is 41.7 Å². The molecule has 0 atom stereocenters. The van der Waals surface area contributed by atoms with Crippen LogP contribution in [-0.2, 0) is 6.54 Å². The van der Waals surface area contributed by atoms with Crippen LogP contribution in [0.4, 0.5) is 4.39 Å². The van der Waals surface area contributed by atoms with Crippen LogP contribution in [0.15, 0.2) is 30.3 Å². The molecule has 2 aromatic carbocycles. The second kappa shape index (κ2) is 3.27. The van der Waals surface area contributed by atoms with Crippen LogP contribution in [0, 0.1) is 5.82 Å². The number of phenolic OH excluding ortho intramolecular Hbond substituents is 1. The predicted molar refractivity (Wildman–Crippen MR) is 53.5 cm³/mol. The van der Waals surface area contributed by atoms with Crippen molar-refractivity contribution in [1.29, 1.82) is 0 Å². The van der Waals surface area contributed by atoms with E-state index in [9.17, 15) is 9.50 Å². The van der Waals surface area contributed by atoms with Gasteiger partial charge in [0, 0.05) is 11.9 Å². The monoisotopic (exact) mass is 191 g/mol. The zero-order valence-electron chi connectivity index (χ0n) is 7.50. The summed E-state index contributed by atoms with van der Waals surface area (Å²) in [5, 5.41) is 10.9. The summed E-state index contributed by atoms with van der Waals surface area (Å²) < 4.78 is 12.9. The number of nitrogens with two attached hydrogens (primary N) is 1. The van der Waals surface area contributed by atoms with Gasteiger partial charge in [0.25, 0.3) is 0 Å². The van der Waals surface area contributed by atoms with E-state index >= 15 is 0 Å². The Balaban J connectivity index is 2.76. The molecular weight excluding hydrogens is 181 g/mol. The Morgan fingerprint density at radius 3 is 2.71 bits per heavy atom. The van der Waals surface area contributed by atoms with E-state index in [1.165, 1.54) is 12.1 Å². The van der Waals surface area contributed by atoms with Crippen LogP contribution in [-0.4, -0.2) is 5.11 Å². The summed E-state index contributed by atoms with van der Waals surface area (Å²) in [5.74, 6) is -0.282. The van der Waals surface area contributed by atoms with Crippen LogP contribution in [0.3, 0.4) is 0 Å². The summed E-state index contributed by atoms with van der Waals surface area (Å²) in [6, 6.07) is 7.70. The molecule has 0 amide bonds. The van der Waals surface area contributed by atoms with E-state index in [1.807, 2.05) is 6.07 Å². The topological polar surface area (TPSA) is 46.2 Å². The Kier molecular flexibility index (Phi) is 2.09. The first-order valence-electron chi connectivity index (χ1n) is 4.32. The molecule has 0 unspecified atom stereocenters. The third-order valence-electron chi connectivity index (χ3n) is 2.19. The van der Waals surface area contributed by atoms with Gasteiger partial charge in [-0.15, -0.1) is 0 Å². The van der Waals surface area contributed by atoms with Gasteiger partial charge < -0.3 is 10.8 Å². The van der Waals surface area contributed by atoms with Crippen LogP contribution in [0.5, 0.6) is 5.75 Å². The lowest BCUT2D eigenvalue weighted by Crippen LogP contribution is -1.95. The number of hydrogen-bond donors (Lipinski definition) is 2. The molecule has 0 aromatic heterocycles. The van der Waals surface area contributed by atoms with E-state index in [4.69, 9.17) is 5.73 Å². The van der Waals surface area contributed by atoms with E-state index in [-0.39, 0.29) is 11.6 Å². The molecule has 0 spiro atoms. The van der Waals surface area contributed by atoms with Crippen LogP contribution in [0.25, 0.3) is 10.8 Å². The Labute approximate surface area is 80.8 Å². The van der Waals surface area contributed by atoms with Crippen LogP contribution < -0.4 is 5.73 Å². The fourth-order valence-corrected chi connectivity index (χ4v) is 1.49. The van der Waals surface area contributed by atoms with Crippen molar-refractivity contribution in [2.75, 3.05) is 0 Å². The average molecular weight is 191 g/mol. The maximum Gasteiger partial charge on any atom is 0.123 e. The highest BCUT2D eigenvalue weighted by Gasteiger charge is 2.03. The van der Waals surface area contributed by atoms with Crippen molar-refractivity contribution >= 4 is 10.8 Å². The minimum Gasteiger partial charge on any atom is -0.507 e. The zero-order chi connectivity index (χ0) is 10.1. The summed E-state index contributed by atoms with van der Waals surface area (Å²) in [7, 11) is 0. The van der Waals surface area contributed by atoms with E-state index in [1.54, 1.807) is 12.1 Å². The molecule has 0 heterocycles. The number of halogens is 1. The van der Waals surface area contributed by atoms with E-state index in [0.29, 0.717) is 11.9 Å².